The molecule has 0 amide bonds. The van der Waals surface area contributed by atoms with E-state index >= 15 is 0 Å². The highest BCUT2D eigenvalue weighted by atomic mass is 79.9. The molecule has 0 aromatic heterocycles. The molecule has 0 spiro atoms. The Morgan fingerprint density at radius 3 is 2.82 bits per heavy atom. The molecule has 0 aliphatic heterocycles. The van der Waals surface area contributed by atoms with E-state index in [4.69, 9.17) is 11.6 Å². The van der Waals surface area contributed by atoms with Gasteiger partial charge in [0.15, 0.2) is 0 Å². The highest BCUT2D eigenvalue weighted by molar-refractivity contribution is 9.10. The third-order valence-electron chi connectivity index (χ3n) is 2.83. The van der Waals surface area contributed by atoms with Crippen LogP contribution in [0, 0.1) is 5.92 Å². The fourth-order valence-electron chi connectivity index (χ4n) is 1.65. The van der Waals surface area contributed by atoms with Crippen LogP contribution in [0.5, 0.6) is 0 Å². The Morgan fingerprint density at radius 2 is 2.29 bits per heavy atom. The van der Waals surface area contributed by atoms with Gasteiger partial charge in [0.05, 0.1) is 5.02 Å². The van der Waals surface area contributed by atoms with Crippen LogP contribution in [0.1, 0.15) is 24.4 Å². The van der Waals surface area contributed by atoms with Crippen molar-refractivity contribution in [2.24, 2.45) is 5.92 Å². The maximum Gasteiger partial charge on any atom is 0.325 e. The summed E-state index contributed by atoms with van der Waals surface area (Å²) in [6.45, 7) is 0.755. The van der Waals surface area contributed by atoms with Gasteiger partial charge in [-0.2, -0.15) is 0 Å². The Balaban J connectivity index is 2.12. The monoisotopic (exact) mass is 317 g/mol. The van der Waals surface area contributed by atoms with Crippen molar-refractivity contribution >= 4 is 33.5 Å². The minimum absolute atomic E-state index is 0.530. The molecule has 1 aliphatic rings. The van der Waals surface area contributed by atoms with Gasteiger partial charge in [-0.25, -0.2) is 0 Å². The van der Waals surface area contributed by atoms with Crippen LogP contribution in [0.3, 0.4) is 0 Å². The summed E-state index contributed by atoms with van der Waals surface area (Å²) in [5, 5.41) is 12.8. The Bertz CT molecular complexity index is 435. The predicted octanol–water partition coefficient (Wildman–Crippen LogP) is 3.23. The van der Waals surface area contributed by atoms with Crippen LogP contribution in [0.4, 0.5) is 0 Å². The molecular formula is C12H13BrClNO2. The van der Waals surface area contributed by atoms with Crippen LogP contribution in [-0.2, 0) is 4.79 Å². The summed E-state index contributed by atoms with van der Waals surface area (Å²) in [5.74, 6) is -0.230. The largest absolute Gasteiger partial charge is 0.480 e. The molecule has 17 heavy (non-hydrogen) atoms. The van der Waals surface area contributed by atoms with Gasteiger partial charge < -0.3 is 10.4 Å². The molecule has 0 bridgehead atoms. The second-order valence-corrected chi connectivity index (χ2v) is 5.56. The van der Waals surface area contributed by atoms with E-state index in [0.29, 0.717) is 16.5 Å². The summed E-state index contributed by atoms with van der Waals surface area (Å²) in [6.07, 6.45) is 2.39. The van der Waals surface area contributed by atoms with E-state index in [0.717, 1.165) is 11.0 Å². The molecular weight excluding hydrogens is 305 g/mol. The van der Waals surface area contributed by atoms with Gasteiger partial charge in [-0.05, 0) is 58.9 Å². The summed E-state index contributed by atoms with van der Waals surface area (Å²) in [7, 11) is 0. The summed E-state index contributed by atoms with van der Waals surface area (Å²) in [4.78, 5) is 11.2. The number of halogens is 2. The van der Waals surface area contributed by atoms with E-state index in [-0.39, 0.29) is 0 Å². The molecule has 1 aromatic carbocycles. The van der Waals surface area contributed by atoms with E-state index in [9.17, 15) is 9.90 Å². The number of aliphatic carboxylic acids is 1. The van der Waals surface area contributed by atoms with Crippen LogP contribution in [0.25, 0.3) is 0 Å². The van der Waals surface area contributed by atoms with Crippen molar-refractivity contribution in [2.75, 3.05) is 6.54 Å². The first-order valence-electron chi connectivity index (χ1n) is 5.49. The number of hydrogen-bond acceptors (Lipinski definition) is 2. The van der Waals surface area contributed by atoms with Crippen molar-refractivity contribution in [1.82, 2.24) is 5.32 Å². The molecule has 1 fully saturated rings. The van der Waals surface area contributed by atoms with Crippen LogP contribution < -0.4 is 5.32 Å². The van der Waals surface area contributed by atoms with Crippen molar-refractivity contribution in [3.05, 3.63) is 33.3 Å². The Labute approximate surface area is 113 Å². The fraction of sp³-hybridized carbons (Fsp3) is 0.417. The van der Waals surface area contributed by atoms with Crippen molar-refractivity contribution in [1.29, 1.82) is 0 Å². The summed E-state index contributed by atoms with van der Waals surface area (Å²) >= 11 is 9.26. The highest BCUT2D eigenvalue weighted by Crippen LogP contribution is 2.30. The van der Waals surface area contributed by atoms with E-state index in [1.807, 2.05) is 0 Å². The smallest absolute Gasteiger partial charge is 0.325 e. The van der Waals surface area contributed by atoms with Crippen molar-refractivity contribution < 1.29 is 9.90 Å². The molecule has 0 heterocycles. The van der Waals surface area contributed by atoms with E-state index in [1.165, 1.54) is 12.8 Å². The molecule has 3 nitrogen and oxygen atoms in total. The van der Waals surface area contributed by atoms with Gasteiger partial charge in [0.25, 0.3) is 0 Å². The lowest BCUT2D eigenvalue weighted by atomic mass is 10.1. The lowest BCUT2D eigenvalue weighted by Gasteiger charge is -2.15. The molecule has 0 saturated heterocycles. The fourth-order valence-corrected chi connectivity index (χ4v) is 2.08. The first-order chi connectivity index (χ1) is 8.08. The zero-order valence-corrected chi connectivity index (χ0v) is 11.5. The third kappa shape index (κ3) is 3.44. The van der Waals surface area contributed by atoms with E-state index < -0.39 is 12.0 Å². The molecule has 2 rings (SSSR count). The Morgan fingerprint density at radius 1 is 1.59 bits per heavy atom. The molecule has 1 aliphatic carbocycles. The number of benzene rings is 1. The third-order valence-corrected chi connectivity index (χ3v) is 4.06. The summed E-state index contributed by atoms with van der Waals surface area (Å²) < 4.78 is 0.772. The number of carbonyl (C=O) groups is 1. The lowest BCUT2D eigenvalue weighted by molar-refractivity contribution is -0.139. The van der Waals surface area contributed by atoms with Crippen LogP contribution in [0.2, 0.25) is 5.02 Å². The Hall–Kier alpha value is -0.580. The predicted molar refractivity (Wildman–Crippen MR) is 70.3 cm³/mol. The number of carboxylic acids is 1. The molecule has 1 atom stereocenters. The molecule has 5 heteroatoms. The minimum Gasteiger partial charge on any atom is -0.480 e. The first-order valence-corrected chi connectivity index (χ1v) is 6.66. The van der Waals surface area contributed by atoms with Gasteiger partial charge in [0.1, 0.15) is 6.04 Å². The Kier molecular flexibility index (Phi) is 4.07. The van der Waals surface area contributed by atoms with E-state index in [1.54, 1.807) is 18.2 Å². The van der Waals surface area contributed by atoms with Crippen molar-refractivity contribution in [3.8, 4) is 0 Å². The molecule has 0 radical (unpaired) electrons. The van der Waals surface area contributed by atoms with Gasteiger partial charge in [-0.1, -0.05) is 17.7 Å². The SMILES string of the molecule is O=C(O)C(NCC1CC1)c1ccc(Br)c(Cl)c1. The molecule has 92 valence electrons. The standard InChI is InChI=1S/C12H13BrClNO2/c13-9-4-3-8(5-10(9)14)11(12(16)17)15-6-7-1-2-7/h3-5,7,11,15H,1-2,6H2,(H,16,17). The van der Waals surface area contributed by atoms with Crippen LogP contribution in [0.15, 0.2) is 22.7 Å². The molecule has 1 aromatic rings. The number of rotatable bonds is 5. The van der Waals surface area contributed by atoms with E-state index in [2.05, 4.69) is 21.2 Å². The van der Waals surface area contributed by atoms with Gasteiger partial charge in [-0.15, -0.1) is 0 Å². The molecule has 2 N–H and O–H groups in total. The van der Waals surface area contributed by atoms with Gasteiger partial charge in [0.2, 0.25) is 0 Å². The molecule has 1 saturated carbocycles. The number of hydrogen-bond donors (Lipinski definition) is 2. The summed E-state index contributed by atoms with van der Waals surface area (Å²) in [5.41, 5.74) is 0.686. The van der Waals surface area contributed by atoms with Crippen molar-refractivity contribution in [3.63, 3.8) is 0 Å². The average molecular weight is 319 g/mol. The second kappa shape index (κ2) is 5.38. The zero-order chi connectivity index (χ0) is 12.4. The highest BCUT2D eigenvalue weighted by Gasteiger charge is 2.25. The number of carboxylic acid groups (broad SMARTS) is 1. The zero-order valence-electron chi connectivity index (χ0n) is 9.12. The average Bonchev–Trinajstić information content (AvgIpc) is 3.07. The van der Waals surface area contributed by atoms with Gasteiger partial charge >= 0.3 is 5.97 Å². The first kappa shape index (κ1) is 12.9. The minimum atomic E-state index is -0.871. The normalized spacial score (nSPS) is 16.8. The van der Waals surface area contributed by atoms with Crippen LogP contribution in [-0.4, -0.2) is 17.6 Å². The van der Waals surface area contributed by atoms with Gasteiger partial charge in [-0.3, -0.25) is 4.79 Å². The topological polar surface area (TPSA) is 49.3 Å². The maximum atomic E-state index is 11.2. The maximum absolute atomic E-state index is 11.2. The molecule has 1 unspecified atom stereocenters. The summed E-state index contributed by atoms with van der Waals surface area (Å²) in [6, 6.07) is 4.55. The second-order valence-electron chi connectivity index (χ2n) is 4.30. The van der Waals surface area contributed by atoms with Gasteiger partial charge in [0, 0.05) is 4.47 Å². The lowest BCUT2D eigenvalue weighted by Crippen LogP contribution is -2.30. The van der Waals surface area contributed by atoms with Crippen LogP contribution >= 0.6 is 27.5 Å². The quantitative estimate of drug-likeness (QED) is 0.876. The number of nitrogens with one attached hydrogen (secondary N) is 1. The van der Waals surface area contributed by atoms with Crippen molar-refractivity contribution in [2.45, 2.75) is 18.9 Å².